The summed E-state index contributed by atoms with van der Waals surface area (Å²) in [6.07, 6.45) is 0. The van der Waals surface area contributed by atoms with Crippen molar-refractivity contribution in [3.8, 4) is 11.5 Å². The molecule has 3 aromatic carbocycles. The van der Waals surface area contributed by atoms with Gasteiger partial charge in [-0.05, 0) is 48.2 Å². The molecular formula is C24H26ClNO2. The van der Waals surface area contributed by atoms with E-state index in [1.165, 1.54) is 11.1 Å². The highest BCUT2D eigenvalue weighted by Crippen LogP contribution is 2.37. The van der Waals surface area contributed by atoms with Crippen LogP contribution in [0, 0.1) is 6.92 Å². The normalized spacial score (nSPS) is 11.9. The van der Waals surface area contributed by atoms with Gasteiger partial charge in [-0.25, -0.2) is 0 Å². The van der Waals surface area contributed by atoms with Gasteiger partial charge in [-0.15, -0.1) is 0 Å². The third-order valence-electron chi connectivity index (χ3n) is 4.83. The van der Waals surface area contributed by atoms with E-state index in [4.69, 9.17) is 21.1 Å². The standard InChI is InChI=1S/C24H26ClNO2/c1-17-9-7-8-12-21(17)16-28-24-22(25)13-19(14-23(24)27-3)15-26-18(2)20-10-5-4-6-11-20/h4-14,18,26H,15-16H2,1-3H3. The van der Waals surface area contributed by atoms with Crippen LogP contribution in [0.2, 0.25) is 5.02 Å². The highest BCUT2D eigenvalue weighted by atomic mass is 35.5. The second-order valence-electron chi connectivity index (χ2n) is 6.84. The summed E-state index contributed by atoms with van der Waals surface area (Å²) in [5, 5.41) is 4.08. The van der Waals surface area contributed by atoms with Crippen molar-refractivity contribution in [1.82, 2.24) is 5.32 Å². The van der Waals surface area contributed by atoms with Gasteiger partial charge in [-0.2, -0.15) is 0 Å². The molecule has 0 aliphatic carbocycles. The van der Waals surface area contributed by atoms with E-state index < -0.39 is 0 Å². The molecule has 3 nitrogen and oxygen atoms in total. The number of aryl methyl sites for hydroxylation is 1. The van der Waals surface area contributed by atoms with Crippen molar-refractivity contribution in [1.29, 1.82) is 0 Å². The van der Waals surface area contributed by atoms with Crippen LogP contribution in [-0.2, 0) is 13.2 Å². The number of hydrogen-bond donors (Lipinski definition) is 1. The Kier molecular flexibility index (Phi) is 6.96. The number of rotatable bonds is 8. The van der Waals surface area contributed by atoms with Gasteiger partial charge in [0.25, 0.3) is 0 Å². The monoisotopic (exact) mass is 395 g/mol. The van der Waals surface area contributed by atoms with Gasteiger partial charge in [0.1, 0.15) is 6.61 Å². The molecule has 0 saturated heterocycles. The zero-order valence-electron chi connectivity index (χ0n) is 16.5. The minimum atomic E-state index is 0.239. The minimum Gasteiger partial charge on any atom is -0.493 e. The van der Waals surface area contributed by atoms with Crippen LogP contribution in [0.25, 0.3) is 0 Å². The van der Waals surface area contributed by atoms with Crippen LogP contribution in [0.4, 0.5) is 0 Å². The Bertz CT molecular complexity index is 912. The SMILES string of the molecule is COc1cc(CNC(C)c2ccccc2)cc(Cl)c1OCc1ccccc1C. The van der Waals surface area contributed by atoms with Crippen molar-refractivity contribution in [2.45, 2.75) is 33.0 Å². The molecule has 0 bridgehead atoms. The number of ether oxygens (including phenoxy) is 2. The summed E-state index contributed by atoms with van der Waals surface area (Å²) in [7, 11) is 1.64. The maximum atomic E-state index is 6.52. The van der Waals surface area contributed by atoms with Crippen LogP contribution in [-0.4, -0.2) is 7.11 Å². The maximum Gasteiger partial charge on any atom is 0.180 e. The van der Waals surface area contributed by atoms with E-state index in [2.05, 4.69) is 43.4 Å². The van der Waals surface area contributed by atoms with Gasteiger partial charge in [0.15, 0.2) is 11.5 Å². The zero-order chi connectivity index (χ0) is 19.9. The highest BCUT2D eigenvalue weighted by molar-refractivity contribution is 6.32. The van der Waals surface area contributed by atoms with Crippen LogP contribution in [0.15, 0.2) is 66.7 Å². The number of halogens is 1. The lowest BCUT2D eigenvalue weighted by Crippen LogP contribution is -2.18. The molecule has 0 aliphatic rings. The Balaban J connectivity index is 1.69. The Morgan fingerprint density at radius 3 is 2.43 bits per heavy atom. The summed E-state index contributed by atoms with van der Waals surface area (Å²) in [5.74, 6) is 1.22. The summed E-state index contributed by atoms with van der Waals surface area (Å²) < 4.78 is 11.5. The zero-order valence-corrected chi connectivity index (χ0v) is 17.3. The molecule has 28 heavy (non-hydrogen) atoms. The van der Waals surface area contributed by atoms with Crippen LogP contribution in [0.3, 0.4) is 0 Å². The third-order valence-corrected chi connectivity index (χ3v) is 5.12. The topological polar surface area (TPSA) is 30.5 Å². The Hall–Kier alpha value is -2.49. The second kappa shape index (κ2) is 9.63. The fourth-order valence-electron chi connectivity index (χ4n) is 3.07. The average molecular weight is 396 g/mol. The molecule has 3 aromatic rings. The summed E-state index contributed by atoms with van der Waals surface area (Å²) in [6.45, 7) is 5.35. The van der Waals surface area contributed by atoms with Crippen LogP contribution in [0.1, 0.15) is 35.2 Å². The van der Waals surface area contributed by atoms with Gasteiger partial charge in [-0.1, -0.05) is 66.2 Å². The first-order valence-corrected chi connectivity index (χ1v) is 9.78. The van der Waals surface area contributed by atoms with E-state index in [1.807, 2.05) is 42.5 Å². The first-order valence-electron chi connectivity index (χ1n) is 9.40. The Morgan fingerprint density at radius 1 is 1.00 bits per heavy atom. The molecule has 1 atom stereocenters. The molecular weight excluding hydrogens is 370 g/mol. The number of hydrogen-bond acceptors (Lipinski definition) is 3. The first kappa shape index (κ1) is 20.2. The van der Waals surface area contributed by atoms with Gasteiger partial charge in [-0.3, -0.25) is 0 Å². The molecule has 3 rings (SSSR count). The van der Waals surface area contributed by atoms with Crippen molar-refractivity contribution < 1.29 is 9.47 Å². The largest absolute Gasteiger partial charge is 0.493 e. The molecule has 1 N–H and O–H groups in total. The van der Waals surface area contributed by atoms with E-state index in [0.29, 0.717) is 29.7 Å². The van der Waals surface area contributed by atoms with Crippen molar-refractivity contribution in [3.05, 3.63) is 94.0 Å². The molecule has 0 saturated carbocycles. The van der Waals surface area contributed by atoms with Crippen molar-refractivity contribution in [3.63, 3.8) is 0 Å². The summed E-state index contributed by atoms with van der Waals surface area (Å²) >= 11 is 6.52. The smallest absolute Gasteiger partial charge is 0.180 e. The van der Waals surface area contributed by atoms with E-state index in [1.54, 1.807) is 7.11 Å². The van der Waals surface area contributed by atoms with Crippen molar-refractivity contribution in [2.75, 3.05) is 7.11 Å². The molecule has 0 aromatic heterocycles. The maximum absolute atomic E-state index is 6.52. The Labute approximate surface area is 172 Å². The third kappa shape index (κ3) is 5.06. The van der Waals surface area contributed by atoms with Gasteiger partial charge >= 0.3 is 0 Å². The number of benzene rings is 3. The van der Waals surface area contributed by atoms with E-state index in [0.717, 1.165) is 11.1 Å². The molecule has 0 radical (unpaired) electrons. The van der Waals surface area contributed by atoms with Crippen LogP contribution < -0.4 is 14.8 Å². The molecule has 0 heterocycles. The number of nitrogens with one attached hydrogen (secondary N) is 1. The lowest BCUT2D eigenvalue weighted by atomic mass is 10.1. The van der Waals surface area contributed by atoms with E-state index >= 15 is 0 Å². The van der Waals surface area contributed by atoms with E-state index in [9.17, 15) is 0 Å². The van der Waals surface area contributed by atoms with Gasteiger partial charge in [0, 0.05) is 12.6 Å². The van der Waals surface area contributed by atoms with Gasteiger partial charge in [0.2, 0.25) is 0 Å². The highest BCUT2D eigenvalue weighted by Gasteiger charge is 2.14. The molecule has 0 spiro atoms. The fraction of sp³-hybridized carbons (Fsp3) is 0.250. The predicted molar refractivity (Wildman–Crippen MR) is 115 cm³/mol. The van der Waals surface area contributed by atoms with Crippen molar-refractivity contribution >= 4 is 11.6 Å². The molecule has 146 valence electrons. The van der Waals surface area contributed by atoms with Crippen molar-refractivity contribution in [2.24, 2.45) is 0 Å². The van der Waals surface area contributed by atoms with Gasteiger partial charge < -0.3 is 14.8 Å². The lowest BCUT2D eigenvalue weighted by Gasteiger charge is -2.17. The summed E-state index contributed by atoms with van der Waals surface area (Å²) in [4.78, 5) is 0. The minimum absolute atomic E-state index is 0.239. The lowest BCUT2D eigenvalue weighted by molar-refractivity contribution is 0.284. The summed E-state index contributed by atoms with van der Waals surface area (Å²) in [5.41, 5.74) is 4.61. The molecule has 4 heteroatoms. The number of methoxy groups -OCH3 is 1. The fourth-order valence-corrected chi connectivity index (χ4v) is 3.36. The van der Waals surface area contributed by atoms with Crippen LogP contribution in [0.5, 0.6) is 11.5 Å². The first-order chi connectivity index (χ1) is 13.6. The van der Waals surface area contributed by atoms with Crippen LogP contribution >= 0.6 is 11.6 Å². The second-order valence-corrected chi connectivity index (χ2v) is 7.24. The predicted octanol–water partition coefficient (Wildman–Crippen LogP) is 6.09. The summed E-state index contributed by atoms with van der Waals surface area (Å²) in [6, 6.07) is 22.7. The molecule has 0 aliphatic heterocycles. The molecule has 1 unspecified atom stereocenters. The van der Waals surface area contributed by atoms with E-state index in [-0.39, 0.29) is 6.04 Å². The Morgan fingerprint density at radius 2 is 1.71 bits per heavy atom. The average Bonchev–Trinajstić information content (AvgIpc) is 2.72. The molecule has 0 fully saturated rings. The van der Waals surface area contributed by atoms with Gasteiger partial charge in [0.05, 0.1) is 12.1 Å². The quantitative estimate of drug-likeness (QED) is 0.500. The molecule has 0 amide bonds.